The molecule has 0 radical (unpaired) electrons. The number of hydrogen-bond donors (Lipinski definition) is 0. The Balaban J connectivity index is 1.49. The molecule has 1 amide bonds. The second kappa shape index (κ2) is 7.78. The molecule has 1 aliphatic rings. The molecule has 4 rings (SSSR count). The molecular weight excluding hydrogens is 383 g/mol. The van der Waals surface area contributed by atoms with E-state index >= 15 is 0 Å². The van der Waals surface area contributed by atoms with Gasteiger partial charge in [-0.05, 0) is 69.2 Å². The number of carbonyl (C=O) groups excluding carboxylic acids is 2. The lowest BCUT2D eigenvalue weighted by molar-refractivity contribution is -0.122. The van der Waals surface area contributed by atoms with Gasteiger partial charge in [-0.1, -0.05) is 18.2 Å². The standard InChI is InChI=1S/C24H23FN2O3/c1-15-12-18-6-4-5-7-22(18)27(15)23(28)14-30-24(29)21-13-16(2)26(17(21)3)20-10-8-19(25)9-11-20/h4-11,13,15H,12,14H2,1-3H3/t15-/m1/s1. The smallest absolute Gasteiger partial charge is 0.340 e. The molecule has 0 spiro atoms. The van der Waals surface area contributed by atoms with E-state index in [4.69, 9.17) is 4.74 Å². The average molecular weight is 406 g/mol. The van der Waals surface area contributed by atoms with Gasteiger partial charge in [0, 0.05) is 28.8 Å². The summed E-state index contributed by atoms with van der Waals surface area (Å²) >= 11 is 0. The fourth-order valence-corrected chi connectivity index (χ4v) is 4.18. The molecule has 0 N–H and O–H groups in total. The van der Waals surface area contributed by atoms with Gasteiger partial charge in [-0.25, -0.2) is 9.18 Å². The molecule has 2 aromatic carbocycles. The zero-order chi connectivity index (χ0) is 21.4. The second-order valence-corrected chi connectivity index (χ2v) is 7.62. The summed E-state index contributed by atoms with van der Waals surface area (Å²) in [6.45, 7) is 5.32. The Morgan fingerprint density at radius 3 is 2.53 bits per heavy atom. The Kier molecular flexibility index (Phi) is 5.16. The lowest BCUT2D eigenvalue weighted by Gasteiger charge is -2.22. The van der Waals surface area contributed by atoms with Gasteiger partial charge in [0.05, 0.1) is 5.56 Å². The quantitative estimate of drug-likeness (QED) is 0.605. The number of aryl methyl sites for hydroxylation is 1. The molecule has 30 heavy (non-hydrogen) atoms. The van der Waals surface area contributed by atoms with Crippen LogP contribution < -0.4 is 4.90 Å². The highest BCUT2D eigenvalue weighted by molar-refractivity contribution is 5.99. The van der Waals surface area contributed by atoms with Gasteiger partial charge >= 0.3 is 5.97 Å². The molecule has 6 heteroatoms. The van der Waals surface area contributed by atoms with Crippen LogP contribution in [-0.4, -0.2) is 29.1 Å². The van der Waals surface area contributed by atoms with Crippen molar-refractivity contribution in [1.82, 2.24) is 4.57 Å². The number of aromatic nitrogens is 1. The Hall–Kier alpha value is -3.41. The topological polar surface area (TPSA) is 51.5 Å². The lowest BCUT2D eigenvalue weighted by Crippen LogP contribution is -2.38. The zero-order valence-electron chi connectivity index (χ0n) is 17.2. The number of rotatable bonds is 4. The summed E-state index contributed by atoms with van der Waals surface area (Å²) in [6.07, 6.45) is 0.786. The minimum absolute atomic E-state index is 0.0251. The number of para-hydroxylation sites is 1. The average Bonchev–Trinajstić information content (AvgIpc) is 3.22. The summed E-state index contributed by atoms with van der Waals surface area (Å²) in [7, 11) is 0. The van der Waals surface area contributed by atoms with Crippen LogP contribution in [0.4, 0.5) is 10.1 Å². The molecule has 1 aliphatic heterocycles. The van der Waals surface area contributed by atoms with E-state index in [9.17, 15) is 14.0 Å². The summed E-state index contributed by atoms with van der Waals surface area (Å²) < 4.78 is 20.5. The van der Waals surface area contributed by atoms with Crippen LogP contribution in [0.2, 0.25) is 0 Å². The van der Waals surface area contributed by atoms with Gasteiger partial charge in [0.1, 0.15) is 5.82 Å². The largest absolute Gasteiger partial charge is 0.452 e. The molecule has 1 atom stereocenters. The fourth-order valence-electron chi connectivity index (χ4n) is 4.18. The van der Waals surface area contributed by atoms with Gasteiger partial charge < -0.3 is 14.2 Å². The van der Waals surface area contributed by atoms with Gasteiger partial charge in [-0.15, -0.1) is 0 Å². The van der Waals surface area contributed by atoms with Crippen LogP contribution in [0.15, 0.2) is 54.6 Å². The summed E-state index contributed by atoms with van der Waals surface area (Å²) in [4.78, 5) is 27.2. The first kappa shape index (κ1) is 19.9. The maximum Gasteiger partial charge on any atom is 0.340 e. The third-order valence-corrected chi connectivity index (χ3v) is 5.54. The highest BCUT2D eigenvalue weighted by atomic mass is 19.1. The van der Waals surface area contributed by atoms with E-state index in [1.165, 1.54) is 12.1 Å². The fraction of sp³-hybridized carbons (Fsp3) is 0.250. The predicted molar refractivity (Wildman–Crippen MR) is 113 cm³/mol. The third kappa shape index (κ3) is 3.49. The van der Waals surface area contributed by atoms with Gasteiger partial charge in [0.25, 0.3) is 5.91 Å². The number of hydrogen-bond acceptors (Lipinski definition) is 3. The first-order valence-corrected chi connectivity index (χ1v) is 9.89. The predicted octanol–water partition coefficient (Wildman–Crippen LogP) is 4.37. The summed E-state index contributed by atoms with van der Waals surface area (Å²) in [6, 6.07) is 15.6. The Morgan fingerprint density at radius 1 is 1.10 bits per heavy atom. The number of ether oxygens (including phenoxy) is 1. The van der Waals surface area contributed by atoms with Crippen molar-refractivity contribution in [2.75, 3.05) is 11.5 Å². The highest BCUT2D eigenvalue weighted by Gasteiger charge is 2.31. The molecule has 0 bridgehead atoms. The van der Waals surface area contributed by atoms with E-state index in [1.807, 2.05) is 42.7 Å². The maximum absolute atomic E-state index is 13.2. The molecule has 2 heterocycles. The monoisotopic (exact) mass is 406 g/mol. The molecule has 1 aromatic heterocycles. The highest BCUT2D eigenvalue weighted by Crippen LogP contribution is 2.32. The lowest BCUT2D eigenvalue weighted by atomic mass is 10.1. The van der Waals surface area contributed by atoms with Crippen molar-refractivity contribution in [2.24, 2.45) is 0 Å². The molecule has 5 nitrogen and oxygen atoms in total. The summed E-state index contributed by atoms with van der Waals surface area (Å²) in [5.74, 6) is -1.12. The molecule has 0 saturated heterocycles. The molecule has 0 unspecified atom stereocenters. The SMILES string of the molecule is Cc1cc(C(=O)OCC(=O)N2c3ccccc3C[C@H]2C)c(C)n1-c1ccc(F)cc1. The minimum atomic E-state index is -0.551. The van der Waals surface area contributed by atoms with Gasteiger partial charge in [-0.2, -0.15) is 0 Å². The van der Waals surface area contributed by atoms with Crippen LogP contribution in [0, 0.1) is 19.7 Å². The maximum atomic E-state index is 13.2. The first-order valence-electron chi connectivity index (χ1n) is 9.89. The van der Waals surface area contributed by atoms with Crippen molar-refractivity contribution in [2.45, 2.75) is 33.2 Å². The molecule has 0 fully saturated rings. The van der Waals surface area contributed by atoms with Crippen molar-refractivity contribution in [3.63, 3.8) is 0 Å². The van der Waals surface area contributed by atoms with Crippen molar-refractivity contribution < 1.29 is 18.7 Å². The minimum Gasteiger partial charge on any atom is -0.452 e. The van der Waals surface area contributed by atoms with E-state index in [-0.39, 0.29) is 24.4 Å². The van der Waals surface area contributed by atoms with E-state index in [2.05, 4.69) is 0 Å². The Labute approximate surface area is 174 Å². The number of nitrogens with zero attached hydrogens (tertiary/aromatic N) is 2. The van der Waals surface area contributed by atoms with E-state index in [1.54, 1.807) is 30.0 Å². The van der Waals surface area contributed by atoms with Crippen molar-refractivity contribution in [1.29, 1.82) is 0 Å². The normalized spacial score (nSPS) is 15.2. The first-order chi connectivity index (χ1) is 14.4. The number of amides is 1. The van der Waals surface area contributed by atoms with Gasteiger partial charge in [0.15, 0.2) is 6.61 Å². The second-order valence-electron chi connectivity index (χ2n) is 7.62. The van der Waals surface area contributed by atoms with Gasteiger partial charge in [0.2, 0.25) is 0 Å². The van der Waals surface area contributed by atoms with Crippen molar-refractivity contribution in [3.05, 3.63) is 82.9 Å². The van der Waals surface area contributed by atoms with E-state index < -0.39 is 5.97 Å². The van der Waals surface area contributed by atoms with E-state index in [0.29, 0.717) is 11.3 Å². The third-order valence-electron chi connectivity index (χ3n) is 5.54. The van der Waals surface area contributed by atoms with Crippen LogP contribution >= 0.6 is 0 Å². The number of esters is 1. The van der Waals surface area contributed by atoms with Crippen LogP contribution in [0.5, 0.6) is 0 Å². The van der Waals surface area contributed by atoms with Gasteiger partial charge in [-0.3, -0.25) is 4.79 Å². The van der Waals surface area contributed by atoms with Crippen LogP contribution in [0.1, 0.15) is 34.2 Å². The van der Waals surface area contributed by atoms with Crippen LogP contribution in [0.25, 0.3) is 5.69 Å². The van der Waals surface area contributed by atoms with Crippen molar-refractivity contribution >= 4 is 17.6 Å². The van der Waals surface area contributed by atoms with E-state index in [0.717, 1.165) is 29.1 Å². The number of benzene rings is 2. The summed E-state index contributed by atoms with van der Waals surface area (Å²) in [5.41, 5.74) is 4.63. The molecule has 154 valence electrons. The molecule has 0 saturated carbocycles. The van der Waals surface area contributed by atoms with Crippen molar-refractivity contribution in [3.8, 4) is 5.69 Å². The zero-order valence-corrected chi connectivity index (χ0v) is 17.2. The van der Waals surface area contributed by atoms with Crippen LogP contribution in [-0.2, 0) is 16.0 Å². The van der Waals surface area contributed by atoms with Crippen LogP contribution in [0.3, 0.4) is 0 Å². The number of fused-ring (bicyclic) bond motifs is 1. The Morgan fingerprint density at radius 2 is 1.80 bits per heavy atom. The summed E-state index contributed by atoms with van der Waals surface area (Å²) in [5, 5.41) is 0. The molecular formula is C24H23FN2O3. The number of halogens is 1. The Bertz CT molecular complexity index is 1120. The molecule has 3 aromatic rings. The number of carbonyl (C=O) groups is 2. The molecule has 0 aliphatic carbocycles. The number of anilines is 1.